The van der Waals surface area contributed by atoms with E-state index in [1.807, 2.05) is 48.5 Å². The molecule has 5 nitrogen and oxygen atoms in total. The Labute approximate surface area is 151 Å². The van der Waals surface area contributed by atoms with Crippen LogP contribution in [0.4, 0.5) is 0 Å². The second-order valence-electron chi connectivity index (χ2n) is 5.74. The van der Waals surface area contributed by atoms with Crippen LogP contribution in [0, 0.1) is 0 Å². The zero-order valence-corrected chi connectivity index (χ0v) is 14.8. The third-order valence-corrected chi connectivity index (χ3v) is 4.67. The number of nitrogens with zero attached hydrogens (tertiary/aromatic N) is 2. The van der Waals surface area contributed by atoms with Crippen LogP contribution < -0.4 is 5.32 Å². The Bertz CT molecular complexity index is 805. The quantitative estimate of drug-likeness (QED) is 0.639. The second-order valence-corrected chi connectivity index (χ2v) is 6.68. The lowest BCUT2D eigenvalue weighted by atomic mass is 10.0. The van der Waals surface area contributed by atoms with Crippen molar-refractivity contribution in [3.05, 3.63) is 66.2 Å². The van der Waals surface area contributed by atoms with Gasteiger partial charge in [-0.05, 0) is 11.5 Å². The van der Waals surface area contributed by atoms with E-state index in [0.29, 0.717) is 23.3 Å². The first-order valence-corrected chi connectivity index (χ1v) is 9.13. The van der Waals surface area contributed by atoms with Crippen LogP contribution in [0.1, 0.15) is 18.4 Å². The molecule has 1 amide bonds. The molecule has 1 aromatic heterocycles. The molecule has 0 unspecified atom stereocenters. The molecule has 0 aliphatic heterocycles. The lowest BCUT2D eigenvalue weighted by Gasteiger charge is -2.12. The summed E-state index contributed by atoms with van der Waals surface area (Å²) >= 11 is 1.33. The average molecular weight is 352 g/mol. The van der Waals surface area contributed by atoms with Crippen LogP contribution in [0.5, 0.6) is 0 Å². The van der Waals surface area contributed by atoms with E-state index in [4.69, 9.17) is 0 Å². The van der Waals surface area contributed by atoms with Crippen molar-refractivity contribution >= 4 is 17.7 Å². The van der Waals surface area contributed by atoms with Gasteiger partial charge in [0.1, 0.15) is 0 Å². The Hall–Kier alpha value is -2.60. The summed E-state index contributed by atoms with van der Waals surface area (Å²) < 4.78 is 0. The molecule has 0 aliphatic rings. The maximum atomic E-state index is 12.0. The van der Waals surface area contributed by atoms with Crippen molar-refractivity contribution in [3.8, 4) is 11.4 Å². The first-order valence-electron chi connectivity index (χ1n) is 8.14. The van der Waals surface area contributed by atoms with E-state index in [9.17, 15) is 4.79 Å². The van der Waals surface area contributed by atoms with Crippen LogP contribution in [0.2, 0.25) is 0 Å². The molecule has 3 aromatic rings. The minimum Gasteiger partial charge on any atom is -0.355 e. The van der Waals surface area contributed by atoms with Gasteiger partial charge in [-0.25, -0.2) is 4.98 Å². The first-order chi connectivity index (χ1) is 12.2. The van der Waals surface area contributed by atoms with E-state index in [0.717, 1.165) is 5.56 Å². The number of amides is 1. The highest BCUT2D eigenvalue weighted by Crippen LogP contribution is 2.18. The van der Waals surface area contributed by atoms with E-state index in [2.05, 4.69) is 39.6 Å². The van der Waals surface area contributed by atoms with Gasteiger partial charge in [-0.1, -0.05) is 79.3 Å². The summed E-state index contributed by atoms with van der Waals surface area (Å²) in [4.78, 5) is 16.4. The van der Waals surface area contributed by atoms with Gasteiger partial charge in [-0.2, -0.15) is 0 Å². The molecular formula is C19H20N4OS. The van der Waals surface area contributed by atoms with Gasteiger partial charge in [0.2, 0.25) is 11.1 Å². The highest BCUT2D eigenvalue weighted by molar-refractivity contribution is 7.99. The minimum atomic E-state index is -0.0150. The van der Waals surface area contributed by atoms with Gasteiger partial charge in [0.15, 0.2) is 5.82 Å². The van der Waals surface area contributed by atoms with E-state index in [1.54, 1.807) is 0 Å². The molecule has 2 N–H and O–H groups in total. The average Bonchev–Trinajstić information content (AvgIpc) is 3.15. The molecule has 3 rings (SSSR count). The van der Waals surface area contributed by atoms with E-state index in [1.165, 1.54) is 17.3 Å². The Morgan fingerprint density at radius 2 is 1.80 bits per heavy atom. The van der Waals surface area contributed by atoms with Crippen molar-refractivity contribution in [2.45, 2.75) is 18.0 Å². The number of carbonyl (C=O) groups is 1. The summed E-state index contributed by atoms with van der Waals surface area (Å²) in [6, 6.07) is 19.9. The van der Waals surface area contributed by atoms with Crippen LogP contribution >= 0.6 is 11.8 Å². The molecule has 128 valence electrons. The number of H-pyrrole nitrogens is 1. The predicted molar refractivity (Wildman–Crippen MR) is 100 cm³/mol. The molecular weight excluding hydrogens is 332 g/mol. The molecule has 0 aliphatic carbocycles. The molecule has 0 fully saturated rings. The number of carbonyl (C=O) groups excluding carboxylic acids is 1. The fourth-order valence-electron chi connectivity index (χ4n) is 2.38. The molecule has 2 aromatic carbocycles. The number of nitrogens with one attached hydrogen (secondary N) is 2. The third-order valence-electron chi connectivity index (χ3n) is 3.82. The molecule has 1 heterocycles. The number of rotatable bonds is 7. The Kier molecular flexibility index (Phi) is 5.85. The molecule has 0 saturated heterocycles. The lowest BCUT2D eigenvalue weighted by molar-refractivity contribution is -0.118. The van der Waals surface area contributed by atoms with Gasteiger partial charge in [0, 0.05) is 12.1 Å². The SMILES string of the molecule is C[C@@H](CNC(=O)CSc1n[nH]c(-c2ccccc2)n1)c1ccccc1. The first kappa shape index (κ1) is 17.2. The van der Waals surface area contributed by atoms with Crippen molar-refractivity contribution < 1.29 is 4.79 Å². The highest BCUT2D eigenvalue weighted by Gasteiger charge is 2.10. The third kappa shape index (κ3) is 4.93. The van der Waals surface area contributed by atoms with E-state index >= 15 is 0 Å². The van der Waals surface area contributed by atoms with Gasteiger partial charge < -0.3 is 5.32 Å². The van der Waals surface area contributed by atoms with Crippen molar-refractivity contribution in [2.75, 3.05) is 12.3 Å². The molecule has 1 atom stereocenters. The number of hydrogen-bond acceptors (Lipinski definition) is 4. The summed E-state index contributed by atoms with van der Waals surface area (Å²) in [6.07, 6.45) is 0. The fraction of sp³-hybridized carbons (Fsp3) is 0.211. The largest absolute Gasteiger partial charge is 0.355 e. The lowest BCUT2D eigenvalue weighted by Crippen LogP contribution is -2.29. The standard InChI is InChI=1S/C19H20N4OS/c1-14(15-8-4-2-5-9-15)12-20-17(24)13-25-19-21-18(22-23-19)16-10-6-3-7-11-16/h2-11,14H,12-13H2,1H3,(H,20,24)(H,21,22,23)/t14-/m0/s1. The Morgan fingerprint density at radius 1 is 1.12 bits per heavy atom. The number of hydrogen-bond donors (Lipinski definition) is 2. The van der Waals surface area contributed by atoms with Crippen molar-refractivity contribution in [2.24, 2.45) is 0 Å². The number of thioether (sulfide) groups is 1. The van der Waals surface area contributed by atoms with Crippen LogP contribution in [0.25, 0.3) is 11.4 Å². The molecule has 0 saturated carbocycles. The molecule has 6 heteroatoms. The molecule has 25 heavy (non-hydrogen) atoms. The van der Waals surface area contributed by atoms with Crippen LogP contribution in [0.15, 0.2) is 65.8 Å². The molecule has 0 spiro atoms. The smallest absolute Gasteiger partial charge is 0.230 e. The van der Waals surface area contributed by atoms with Gasteiger partial charge in [-0.3, -0.25) is 9.89 Å². The van der Waals surface area contributed by atoms with Gasteiger partial charge in [-0.15, -0.1) is 5.10 Å². The van der Waals surface area contributed by atoms with Gasteiger partial charge in [0.05, 0.1) is 5.75 Å². The topological polar surface area (TPSA) is 70.7 Å². The Balaban J connectivity index is 1.46. The van der Waals surface area contributed by atoms with Crippen LogP contribution in [-0.4, -0.2) is 33.4 Å². The maximum Gasteiger partial charge on any atom is 0.230 e. The number of benzene rings is 2. The van der Waals surface area contributed by atoms with E-state index in [-0.39, 0.29) is 11.8 Å². The fourth-order valence-corrected chi connectivity index (χ4v) is 3.01. The maximum absolute atomic E-state index is 12.0. The van der Waals surface area contributed by atoms with Crippen molar-refractivity contribution in [1.82, 2.24) is 20.5 Å². The molecule has 0 radical (unpaired) electrons. The summed E-state index contributed by atoms with van der Waals surface area (Å²) in [5, 5.41) is 10.6. The van der Waals surface area contributed by atoms with Gasteiger partial charge in [0.25, 0.3) is 0 Å². The van der Waals surface area contributed by atoms with Gasteiger partial charge >= 0.3 is 0 Å². The highest BCUT2D eigenvalue weighted by atomic mass is 32.2. The zero-order chi connectivity index (χ0) is 17.5. The monoisotopic (exact) mass is 352 g/mol. The van der Waals surface area contributed by atoms with Crippen LogP contribution in [-0.2, 0) is 4.79 Å². The summed E-state index contributed by atoms with van der Waals surface area (Å²) in [7, 11) is 0. The van der Waals surface area contributed by atoms with Crippen molar-refractivity contribution in [3.63, 3.8) is 0 Å². The predicted octanol–water partition coefficient (Wildman–Crippen LogP) is 3.48. The normalized spacial score (nSPS) is 11.9. The zero-order valence-electron chi connectivity index (χ0n) is 14.0. The molecule has 0 bridgehead atoms. The summed E-state index contributed by atoms with van der Waals surface area (Å²) in [5.74, 6) is 1.27. The number of aromatic amines is 1. The van der Waals surface area contributed by atoms with Crippen LogP contribution in [0.3, 0.4) is 0 Å². The summed E-state index contributed by atoms with van der Waals surface area (Å²) in [6.45, 7) is 2.72. The summed E-state index contributed by atoms with van der Waals surface area (Å²) in [5.41, 5.74) is 2.19. The van der Waals surface area contributed by atoms with Crippen molar-refractivity contribution in [1.29, 1.82) is 0 Å². The minimum absolute atomic E-state index is 0.0150. The number of aromatic nitrogens is 3. The van der Waals surface area contributed by atoms with E-state index < -0.39 is 0 Å². The Morgan fingerprint density at radius 3 is 2.52 bits per heavy atom. The second kappa shape index (κ2) is 8.48.